The van der Waals surface area contributed by atoms with Gasteiger partial charge in [-0.3, -0.25) is 4.79 Å². The molecule has 0 fully saturated rings. The maximum atomic E-state index is 10.9. The van der Waals surface area contributed by atoms with E-state index in [1.807, 2.05) is 6.92 Å². The van der Waals surface area contributed by atoms with Crippen molar-refractivity contribution in [3.63, 3.8) is 0 Å². The van der Waals surface area contributed by atoms with E-state index >= 15 is 0 Å². The molecule has 0 spiro atoms. The molecule has 1 radical (unpaired) electrons. The predicted octanol–water partition coefficient (Wildman–Crippen LogP) is 1.57. The van der Waals surface area contributed by atoms with Crippen LogP contribution in [-0.2, 0) is 14.3 Å². The molecule has 0 N–H and O–H groups in total. The number of carbonyl (C=O) groups excluding carboxylic acids is 1. The number of unbranched alkanes of at least 4 members (excludes halogenated alkanes) is 1. The second-order valence-electron chi connectivity index (χ2n) is 2.37. The number of hydrogen-bond acceptors (Lipinski definition) is 3. The Balaban J connectivity index is 3.08. The van der Waals surface area contributed by atoms with Gasteiger partial charge in [-0.2, -0.15) is 0 Å². The molecule has 0 amide bonds. The van der Waals surface area contributed by atoms with Gasteiger partial charge in [-0.1, -0.05) is 13.3 Å². The Morgan fingerprint density at radius 1 is 1.42 bits per heavy atom. The first kappa shape index (κ1) is 11.4. The fraction of sp³-hybridized carbons (Fsp3) is 0.778. The van der Waals surface area contributed by atoms with Crippen LogP contribution in [0.5, 0.6) is 0 Å². The van der Waals surface area contributed by atoms with E-state index in [0.717, 1.165) is 12.8 Å². The van der Waals surface area contributed by atoms with E-state index in [4.69, 9.17) is 9.47 Å². The van der Waals surface area contributed by atoms with E-state index in [9.17, 15) is 4.79 Å². The minimum Gasteiger partial charge on any atom is -0.463 e. The molecule has 0 aliphatic rings. The molecule has 0 aromatic carbocycles. The minimum absolute atomic E-state index is 0.154. The lowest BCUT2D eigenvalue weighted by Crippen LogP contribution is -2.10. The van der Waals surface area contributed by atoms with E-state index in [0.29, 0.717) is 26.2 Å². The Morgan fingerprint density at radius 2 is 2.17 bits per heavy atom. The van der Waals surface area contributed by atoms with Crippen LogP contribution in [0, 0.1) is 6.92 Å². The average molecular weight is 173 g/mol. The molecular weight excluding hydrogens is 156 g/mol. The van der Waals surface area contributed by atoms with Crippen LogP contribution in [0.15, 0.2) is 0 Å². The van der Waals surface area contributed by atoms with Crippen LogP contribution in [0.3, 0.4) is 0 Å². The monoisotopic (exact) mass is 173 g/mol. The first-order valence-electron chi connectivity index (χ1n) is 4.33. The van der Waals surface area contributed by atoms with E-state index < -0.39 is 0 Å². The molecule has 0 saturated heterocycles. The van der Waals surface area contributed by atoms with Gasteiger partial charge in [0.25, 0.3) is 0 Å². The van der Waals surface area contributed by atoms with Gasteiger partial charge in [0.15, 0.2) is 0 Å². The predicted molar refractivity (Wildman–Crippen MR) is 46.7 cm³/mol. The van der Waals surface area contributed by atoms with Crippen LogP contribution in [-0.4, -0.2) is 25.8 Å². The SMILES string of the molecule is [CH2]CCCC(=O)OCCOCC. The summed E-state index contributed by atoms with van der Waals surface area (Å²) in [5.74, 6) is -0.154. The average Bonchev–Trinajstić information content (AvgIpc) is 2.09. The first-order chi connectivity index (χ1) is 5.81. The Kier molecular flexibility index (Phi) is 8.12. The molecule has 3 nitrogen and oxygen atoms in total. The van der Waals surface area contributed by atoms with Crippen molar-refractivity contribution in [3.05, 3.63) is 6.92 Å². The van der Waals surface area contributed by atoms with E-state index in [1.165, 1.54) is 0 Å². The fourth-order valence-corrected chi connectivity index (χ4v) is 0.700. The lowest BCUT2D eigenvalue weighted by atomic mass is 10.2. The molecule has 0 heterocycles. The number of esters is 1. The van der Waals surface area contributed by atoms with E-state index in [2.05, 4.69) is 6.92 Å². The van der Waals surface area contributed by atoms with Crippen molar-refractivity contribution in [2.45, 2.75) is 26.2 Å². The third-order valence-electron chi connectivity index (χ3n) is 1.33. The molecule has 0 aromatic rings. The number of ether oxygens (including phenoxy) is 2. The molecule has 0 aromatic heterocycles. The second kappa shape index (κ2) is 8.53. The standard InChI is InChI=1S/C9H17O3/c1-3-5-6-9(10)12-8-7-11-4-2/h1,3-8H2,2H3. The number of rotatable bonds is 7. The summed E-state index contributed by atoms with van der Waals surface area (Å²) in [5.41, 5.74) is 0. The lowest BCUT2D eigenvalue weighted by molar-refractivity contribution is -0.145. The van der Waals surface area contributed by atoms with Crippen molar-refractivity contribution >= 4 is 5.97 Å². The molecule has 3 heteroatoms. The molecule has 0 aliphatic carbocycles. The number of hydrogen-bond donors (Lipinski definition) is 0. The van der Waals surface area contributed by atoms with Gasteiger partial charge in [0, 0.05) is 13.0 Å². The molecule has 0 aliphatic heterocycles. The maximum absolute atomic E-state index is 10.9. The van der Waals surface area contributed by atoms with Gasteiger partial charge in [0.2, 0.25) is 0 Å². The summed E-state index contributed by atoms with van der Waals surface area (Å²) in [6, 6.07) is 0. The van der Waals surface area contributed by atoms with Gasteiger partial charge in [0.05, 0.1) is 6.61 Å². The summed E-state index contributed by atoms with van der Waals surface area (Å²) >= 11 is 0. The topological polar surface area (TPSA) is 35.5 Å². The second-order valence-corrected chi connectivity index (χ2v) is 2.37. The molecule has 71 valence electrons. The largest absolute Gasteiger partial charge is 0.463 e. The van der Waals surface area contributed by atoms with Gasteiger partial charge in [0.1, 0.15) is 6.61 Å². The zero-order valence-electron chi connectivity index (χ0n) is 7.67. The minimum atomic E-state index is -0.154. The first-order valence-corrected chi connectivity index (χ1v) is 4.33. The van der Waals surface area contributed by atoms with Crippen LogP contribution in [0.25, 0.3) is 0 Å². The molecule has 0 atom stereocenters. The Morgan fingerprint density at radius 3 is 2.75 bits per heavy atom. The third-order valence-corrected chi connectivity index (χ3v) is 1.33. The molecule has 0 bridgehead atoms. The van der Waals surface area contributed by atoms with Gasteiger partial charge in [-0.05, 0) is 13.3 Å². The summed E-state index contributed by atoms with van der Waals surface area (Å²) in [7, 11) is 0. The fourth-order valence-electron chi connectivity index (χ4n) is 0.700. The van der Waals surface area contributed by atoms with Crippen LogP contribution < -0.4 is 0 Å². The smallest absolute Gasteiger partial charge is 0.305 e. The van der Waals surface area contributed by atoms with Gasteiger partial charge in [-0.25, -0.2) is 0 Å². The maximum Gasteiger partial charge on any atom is 0.305 e. The molecule has 0 unspecified atom stereocenters. The Bertz CT molecular complexity index is 112. The third kappa shape index (κ3) is 7.54. The van der Waals surface area contributed by atoms with Crippen molar-refractivity contribution in [2.75, 3.05) is 19.8 Å². The highest BCUT2D eigenvalue weighted by Gasteiger charge is 2.00. The Hall–Kier alpha value is -0.570. The molecule has 0 rings (SSSR count). The van der Waals surface area contributed by atoms with Crippen LogP contribution in [0.2, 0.25) is 0 Å². The van der Waals surface area contributed by atoms with Gasteiger partial charge >= 0.3 is 5.97 Å². The summed E-state index contributed by atoms with van der Waals surface area (Å²) in [4.78, 5) is 10.9. The van der Waals surface area contributed by atoms with Crippen molar-refractivity contribution in [3.8, 4) is 0 Å². The summed E-state index contributed by atoms with van der Waals surface area (Å²) in [6.45, 7) is 7.06. The molecule has 0 saturated carbocycles. The highest BCUT2D eigenvalue weighted by molar-refractivity contribution is 5.69. The lowest BCUT2D eigenvalue weighted by Gasteiger charge is -2.03. The van der Waals surface area contributed by atoms with Crippen molar-refractivity contribution in [1.82, 2.24) is 0 Å². The summed E-state index contributed by atoms with van der Waals surface area (Å²) < 4.78 is 9.85. The van der Waals surface area contributed by atoms with Crippen LogP contribution in [0.1, 0.15) is 26.2 Å². The Labute approximate surface area is 74.0 Å². The summed E-state index contributed by atoms with van der Waals surface area (Å²) in [5, 5.41) is 0. The van der Waals surface area contributed by atoms with Crippen molar-refractivity contribution in [2.24, 2.45) is 0 Å². The normalized spacial score (nSPS) is 9.83. The van der Waals surface area contributed by atoms with Crippen molar-refractivity contribution < 1.29 is 14.3 Å². The van der Waals surface area contributed by atoms with Crippen molar-refractivity contribution in [1.29, 1.82) is 0 Å². The zero-order valence-corrected chi connectivity index (χ0v) is 7.67. The summed E-state index contributed by atoms with van der Waals surface area (Å²) in [6.07, 6.45) is 2.05. The highest BCUT2D eigenvalue weighted by Crippen LogP contribution is 1.95. The van der Waals surface area contributed by atoms with E-state index in [-0.39, 0.29) is 5.97 Å². The van der Waals surface area contributed by atoms with Crippen LogP contribution in [0.4, 0.5) is 0 Å². The van der Waals surface area contributed by atoms with Gasteiger partial charge < -0.3 is 9.47 Å². The zero-order chi connectivity index (χ0) is 9.23. The van der Waals surface area contributed by atoms with Crippen LogP contribution >= 0.6 is 0 Å². The van der Waals surface area contributed by atoms with E-state index in [1.54, 1.807) is 0 Å². The van der Waals surface area contributed by atoms with Gasteiger partial charge in [-0.15, -0.1) is 0 Å². The highest BCUT2D eigenvalue weighted by atomic mass is 16.6. The molecular formula is C9H17O3. The molecule has 12 heavy (non-hydrogen) atoms. The quantitative estimate of drug-likeness (QED) is 0.433. The number of carbonyl (C=O) groups is 1.